The summed E-state index contributed by atoms with van der Waals surface area (Å²) < 4.78 is 52.1. The van der Waals surface area contributed by atoms with Crippen molar-refractivity contribution < 1.29 is 26.5 Å². The summed E-state index contributed by atoms with van der Waals surface area (Å²) in [6, 6.07) is 14.6. The number of rotatable bonds is 11. The van der Waals surface area contributed by atoms with Gasteiger partial charge in [-0.1, -0.05) is 35.3 Å². The molecule has 1 amide bonds. The fraction of sp³-hybridized carbons (Fsp3) is 0.345. The van der Waals surface area contributed by atoms with E-state index >= 15 is 0 Å². The maximum Gasteiger partial charge on any atom is 0.339 e. The highest BCUT2D eigenvalue weighted by Gasteiger charge is 2.27. The first kappa shape index (κ1) is 30.1. The van der Waals surface area contributed by atoms with Crippen molar-refractivity contribution in [3.63, 3.8) is 0 Å². The molecular weight excluding hydrogens is 578 g/mol. The van der Waals surface area contributed by atoms with Gasteiger partial charge in [-0.05, 0) is 69.2 Å². The third-order valence-electron chi connectivity index (χ3n) is 6.73. The molecule has 0 unspecified atom stereocenters. The number of halogens is 3. The smallest absolute Gasteiger partial charge is 0.339 e. The van der Waals surface area contributed by atoms with Crippen LogP contribution in [0.3, 0.4) is 0 Å². The predicted octanol–water partition coefficient (Wildman–Crippen LogP) is 6.57. The SMILES string of the molecule is CCN(CC)c1ccc(CN(C[C@H]2CCCO2)C(=O)c2cccc(F)c2)c(OS(=O)(=O)c2ccc(Cl)c(Cl)c2)c1. The molecule has 0 aliphatic carbocycles. The minimum Gasteiger partial charge on any atom is -0.379 e. The van der Waals surface area contributed by atoms with E-state index in [2.05, 4.69) is 0 Å². The molecule has 0 bridgehead atoms. The van der Waals surface area contributed by atoms with Crippen LogP contribution in [0.15, 0.2) is 65.6 Å². The quantitative estimate of drug-likeness (QED) is 0.229. The van der Waals surface area contributed by atoms with E-state index in [0.29, 0.717) is 25.3 Å². The zero-order valence-electron chi connectivity index (χ0n) is 22.3. The normalized spacial score (nSPS) is 15.2. The van der Waals surface area contributed by atoms with E-state index < -0.39 is 21.8 Å². The van der Waals surface area contributed by atoms with Gasteiger partial charge in [-0.2, -0.15) is 8.42 Å². The summed E-state index contributed by atoms with van der Waals surface area (Å²) >= 11 is 12.0. The number of amides is 1. The summed E-state index contributed by atoms with van der Waals surface area (Å²) in [7, 11) is -4.31. The third-order valence-corrected chi connectivity index (χ3v) is 8.70. The Labute approximate surface area is 244 Å². The van der Waals surface area contributed by atoms with Gasteiger partial charge in [0.15, 0.2) is 0 Å². The molecule has 1 aliphatic rings. The summed E-state index contributed by atoms with van der Waals surface area (Å²) in [5, 5.41) is 0.289. The molecule has 40 heavy (non-hydrogen) atoms. The Kier molecular flexibility index (Phi) is 9.94. The molecule has 0 radical (unpaired) electrons. The van der Waals surface area contributed by atoms with Crippen LogP contribution in [-0.4, -0.2) is 51.6 Å². The molecule has 3 aromatic carbocycles. The second-order valence-electron chi connectivity index (χ2n) is 9.41. The standard InChI is InChI=1S/C29H31Cl2FN2O5S/c1-3-33(4-2)23-11-10-21(28(16-23)39-40(36,37)25-12-13-26(30)27(31)17-25)18-34(19-24-9-6-14-38-24)29(35)20-7-5-8-22(32)15-20/h5,7-8,10-13,15-17,24H,3-4,6,9,14,18-19H2,1-2H3/t24-/m1/s1. The molecule has 0 spiro atoms. The number of anilines is 1. The van der Waals surface area contributed by atoms with Gasteiger partial charge in [0.25, 0.3) is 5.91 Å². The molecule has 1 fully saturated rings. The van der Waals surface area contributed by atoms with Crippen molar-refractivity contribution in [2.75, 3.05) is 31.1 Å². The van der Waals surface area contributed by atoms with E-state index in [4.69, 9.17) is 32.1 Å². The molecule has 0 saturated carbocycles. The molecule has 1 saturated heterocycles. The van der Waals surface area contributed by atoms with Crippen LogP contribution in [0.4, 0.5) is 10.1 Å². The Balaban J connectivity index is 1.73. The van der Waals surface area contributed by atoms with Gasteiger partial charge in [-0.3, -0.25) is 4.79 Å². The van der Waals surface area contributed by atoms with Crippen molar-refractivity contribution in [3.8, 4) is 5.75 Å². The van der Waals surface area contributed by atoms with Crippen LogP contribution in [-0.2, 0) is 21.4 Å². The molecule has 1 aliphatic heterocycles. The molecular formula is C29H31Cl2FN2O5S. The highest BCUT2D eigenvalue weighted by molar-refractivity contribution is 7.87. The van der Waals surface area contributed by atoms with Crippen molar-refractivity contribution in [1.82, 2.24) is 4.90 Å². The fourth-order valence-electron chi connectivity index (χ4n) is 4.60. The summed E-state index contributed by atoms with van der Waals surface area (Å²) in [5.41, 5.74) is 1.40. The first-order chi connectivity index (χ1) is 19.1. The Morgan fingerprint density at radius 1 is 1.05 bits per heavy atom. The maximum atomic E-state index is 14.0. The lowest BCUT2D eigenvalue weighted by atomic mass is 10.1. The predicted molar refractivity (Wildman–Crippen MR) is 154 cm³/mol. The molecule has 0 aromatic heterocycles. The van der Waals surface area contributed by atoms with E-state index in [1.165, 1.54) is 41.3 Å². The van der Waals surface area contributed by atoms with Crippen molar-refractivity contribution in [3.05, 3.63) is 87.7 Å². The summed E-state index contributed by atoms with van der Waals surface area (Å²) in [6.07, 6.45) is 1.47. The van der Waals surface area contributed by atoms with Crippen LogP contribution in [0.2, 0.25) is 10.0 Å². The van der Waals surface area contributed by atoms with Crippen LogP contribution in [0, 0.1) is 5.82 Å². The molecule has 1 heterocycles. The number of carbonyl (C=O) groups is 1. The van der Waals surface area contributed by atoms with Gasteiger partial charge in [-0.15, -0.1) is 0 Å². The van der Waals surface area contributed by atoms with Crippen molar-refractivity contribution >= 4 is 44.9 Å². The Morgan fingerprint density at radius 3 is 2.48 bits per heavy atom. The molecule has 7 nitrogen and oxygen atoms in total. The topological polar surface area (TPSA) is 76.2 Å². The van der Waals surface area contributed by atoms with Crippen molar-refractivity contribution in [1.29, 1.82) is 0 Å². The van der Waals surface area contributed by atoms with Crippen LogP contribution >= 0.6 is 23.2 Å². The van der Waals surface area contributed by atoms with Crippen molar-refractivity contribution in [2.24, 2.45) is 0 Å². The molecule has 0 N–H and O–H groups in total. The van der Waals surface area contributed by atoms with E-state index in [1.54, 1.807) is 18.2 Å². The molecule has 11 heteroatoms. The molecule has 1 atom stereocenters. The van der Waals surface area contributed by atoms with Gasteiger partial charge >= 0.3 is 10.1 Å². The number of benzene rings is 3. The van der Waals surface area contributed by atoms with E-state index in [-0.39, 0.29) is 45.4 Å². The highest BCUT2D eigenvalue weighted by Crippen LogP contribution is 2.32. The Hall–Kier alpha value is -2.85. The van der Waals surface area contributed by atoms with Gasteiger partial charge in [0, 0.05) is 55.7 Å². The lowest BCUT2D eigenvalue weighted by molar-refractivity contribution is 0.0506. The number of hydrogen-bond acceptors (Lipinski definition) is 6. The summed E-state index contributed by atoms with van der Waals surface area (Å²) in [5.74, 6) is -0.857. The second kappa shape index (κ2) is 13.2. The molecule has 214 valence electrons. The van der Waals surface area contributed by atoms with Crippen molar-refractivity contribution in [2.45, 2.75) is 44.2 Å². The Morgan fingerprint density at radius 2 is 1.82 bits per heavy atom. The average molecular weight is 610 g/mol. The minimum atomic E-state index is -4.31. The van der Waals surface area contributed by atoms with Crippen LogP contribution in [0.25, 0.3) is 0 Å². The van der Waals surface area contributed by atoms with E-state index in [9.17, 15) is 17.6 Å². The van der Waals surface area contributed by atoms with Crippen LogP contribution in [0.1, 0.15) is 42.6 Å². The number of carbonyl (C=O) groups excluding carboxylic acids is 1. The van der Waals surface area contributed by atoms with Gasteiger partial charge in [0.1, 0.15) is 16.5 Å². The summed E-state index contributed by atoms with van der Waals surface area (Å²) in [6.45, 7) is 6.24. The molecule has 3 aromatic rings. The highest BCUT2D eigenvalue weighted by atomic mass is 35.5. The van der Waals surface area contributed by atoms with Crippen LogP contribution < -0.4 is 9.08 Å². The van der Waals surface area contributed by atoms with Gasteiger partial charge in [-0.25, -0.2) is 4.39 Å². The second-order valence-corrected chi connectivity index (χ2v) is 11.8. The maximum absolute atomic E-state index is 14.0. The van der Waals surface area contributed by atoms with E-state index in [1.807, 2.05) is 24.8 Å². The molecule has 4 rings (SSSR count). The number of ether oxygens (including phenoxy) is 1. The first-order valence-electron chi connectivity index (χ1n) is 13.0. The first-order valence-corrected chi connectivity index (χ1v) is 15.2. The third kappa shape index (κ3) is 7.26. The lowest BCUT2D eigenvalue weighted by Crippen LogP contribution is -2.37. The average Bonchev–Trinajstić information content (AvgIpc) is 3.44. The van der Waals surface area contributed by atoms with Gasteiger partial charge in [0.05, 0.1) is 16.1 Å². The monoisotopic (exact) mass is 608 g/mol. The fourth-order valence-corrected chi connectivity index (χ4v) is 5.95. The van der Waals surface area contributed by atoms with E-state index in [0.717, 1.165) is 18.5 Å². The number of nitrogens with zero attached hydrogens (tertiary/aromatic N) is 2. The van der Waals surface area contributed by atoms with Crippen LogP contribution in [0.5, 0.6) is 5.75 Å². The van der Waals surface area contributed by atoms with Gasteiger partial charge in [0.2, 0.25) is 0 Å². The van der Waals surface area contributed by atoms with Gasteiger partial charge < -0.3 is 18.7 Å². The minimum absolute atomic E-state index is 0.0139. The number of hydrogen-bond donors (Lipinski definition) is 0. The lowest BCUT2D eigenvalue weighted by Gasteiger charge is -2.27. The largest absolute Gasteiger partial charge is 0.379 e. The zero-order chi connectivity index (χ0) is 28.9. The zero-order valence-corrected chi connectivity index (χ0v) is 24.6. The Bertz CT molecular complexity index is 1460. The summed E-state index contributed by atoms with van der Waals surface area (Å²) in [4.78, 5) is 17.0.